The van der Waals surface area contributed by atoms with Crippen LogP contribution in [0.1, 0.15) is 43.5 Å². The lowest BCUT2D eigenvalue weighted by atomic mass is 9.99. The average molecular weight is 467 g/mol. The molecular formula is C30H26O5. The minimum Gasteiger partial charge on any atom is -0.493 e. The van der Waals surface area contributed by atoms with Crippen molar-refractivity contribution in [2.24, 2.45) is 0 Å². The van der Waals surface area contributed by atoms with Gasteiger partial charge in [0.15, 0.2) is 17.6 Å². The molecule has 35 heavy (non-hydrogen) atoms. The summed E-state index contributed by atoms with van der Waals surface area (Å²) >= 11 is 0. The first kappa shape index (κ1) is 23.8. The molecule has 0 spiro atoms. The van der Waals surface area contributed by atoms with Gasteiger partial charge >= 0.3 is 5.97 Å². The second-order valence-corrected chi connectivity index (χ2v) is 8.06. The van der Waals surface area contributed by atoms with Crippen LogP contribution in [0, 0.1) is 6.92 Å². The molecule has 4 aromatic carbocycles. The Morgan fingerprint density at radius 3 is 1.97 bits per heavy atom. The highest BCUT2D eigenvalue weighted by Crippen LogP contribution is 2.27. The van der Waals surface area contributed by atoms with Gasteiger partial charge in [-0.05, 0) is 36.8 Å². The lowest BCUT2D eigenvalue weighted by Gasteiger charge is -2.18. The summed E-state index contributed by atoms with van der Waals surface area (Å²) in [5, 5.41) is 0. The zero-order valence-electron chi connectivity index (χ0n) is 19.6. The van der Waals surface area contributed by atoms with Crippen molar-refractivity contribution in [1.29, 1.82) is 0 Å². The highest BCUT2D eigenvalue weighted by molar-refractivity contribution is 6.02. The first-order valence-corrected chi connectivity index (χ1v) is 11.3. The number of methoxy groups -OCH3 is 1. The van der Waals surface area contributed by atoms with Crippen molar-refractivity contribution in [2.45, 2.75) is 19.6 Å². The maximum atomic E-state index is 13.2. The van der Waals surface area contributed by atoms with Gasteiger partial charge < -0.3 is 14.2 Å². The predicted octanol–water partition coefficient (Wildman–Crippen LogP) is 6.36. The molecule has 1 atom stereocenters. The monoisotopic (exact) mass is 466 g/mol. The number of Topliss-reactive ketones (excluding diaryl/α,β-unsaturated/α-hetero) is 1. The van der Waals surface area contributed by atoms with Gasteiger partial charge in [0.25, 0.3) is 0 Å². The van der Waals surface area contributed by atoms with E-state index in [0.717, 1.165) is 11.1 Å². The number of carbonyl (C=O) groups excluding carboxylic acids is 2. The summed E-state index contributed by atoms with van der Waals surface area (Å²) in [6, 6.07) is 30.6. The number of para-hydroxylation sites is 2. The predicted molar refractivity (Wildman–Crippen MR) is 134 cm³/mol. The fraction of sp³-hybridized carbons (Fsp3) is 0.133. The number of ketones is 1. The highest BCUT2D eigenvalue weighted by Gasteiger charge is 2.26. The molecule has 0 aromatic heterocycles. The van der Waals surface area contributed by atoms with Crippen LogP contribution >= 0.6 is 0 Å². The maximum absolute atomic E-state index is 13.2. The Morgan fingerprint density at radius 1 is 0.714 bits per heavy atom. The molecule has 0 aliphatic heterocycles. The first-order valence-electron chi connectivity index (χ1n) is 11.3. The second kappa shape index (κ2) is 11.2. The highest BCUT2D eigenvalue weighted by atomic mass is 16.5. The molecule has 0 N–H and O–H groups in total. The smallest absolute Gasteiger partial charge is 0.339 e. The van der Waals surface area contributed by atoms with Gasteiger partial charge in [0, 0.05) is 11.1 Å². The Hall–Kier alpha value is -4.38. The van der Waals surface area contributed by atoms with Gasteiger partial charge in [-0.2, -0.15) is 0 Å². The van der Waals surface area contributed by atoms with E-state index in [2.05, 4.69) is 0 Å². The van der Waals surface area contributed by atoms with E-state index in [1.807, 2.05) is 61.5 Å². The molecule has 0 amide bonds. The Kier molecular flexibility index (Phi) is 7.58. The molecule has 0 aliphatic carbocycles. The maximum Gasteiger partial charge on any atom is 0.339 e. The fourth-order valence-corrected chi connectivity index (χ4v) is 3.58. The van der Waals surface area contributed by atoms with E-state index in [4.69, 9.17) is 14.2 Å². The summed E-state index contributed by atoms with van der Waals surface area (Å²) < 4.78 is 16.9. The Balaban J connectivity index is 1.47. The van der Waals surface area contributed by atoms with Crippen LogP contribution in [0.25, 0.3) is 0 Å². The van der Waals surface area contributed by atoms with Crippen LogP contribution in [0.5, 0.6) is 11.5 Å². The number of carbonyl (C=O) groups is 2. The third kappa shape index (κ3) is 5.95. The van der Waals surface area contributed by atoms with E-state index in [-0.39, 0.29) is 5.78 Å². The Bertz CT molecular complexity index is 1280. The third-order valence-corrected chi connectivity index (χ3v) is 5.55. The number of rotatable bonds is 9. The van der Waals surface area contributed by atoms with E-state index >= 15 is 0 Å². The van der Waals surface area contributed by atoms with Gasteiger partial charge in [-0.3, -0.25) is 4.79 Å². The van der Waals surface area contributed by atoms with E-state index in [1.165, 1.54) is 0 Å². The van der Waals surface area contributed by atoms with Gasteiger partial charge in [-0.15, -0.1) is 0 Å². The summed E-state index contributed by atoms with van der Waals surface area (Å²) in [6.07, 6.45) is -1.04. The third-order valence-electron chi connectivity index (χ3n) is 5.55. The summed E-state index contributed by atoms with van der Waals surface area (Å²) in [4.78, 5) is 26.2. The van der Waals surface area contributed by atoms with Crippen LogP contribution < -0.4 is 9.47 Å². The normalized spacial score (nSPS) is 11.4. The largest absolute Gasteiger partial charge is 0.493 e. The number of aryl methyl sites for hydroxylation is 1. The molecule has 0 bridgehead atoms. The molecule has 0 saturated carbocycles. The second-order valence-electron chi connectivity index (χ2n) is 8.06. The van der Waals surface area contributed by atoms with E-state index in [9.17, 15) is 9.59 Å². The number of esters is 1. The van der Waals surface area contributed by atoms with Gasteiger partial charge in [0.1, 0.15) is 6.61 Å². The van der Waals surface area contributed by atoms with Crippen LogP contribution in [-0.2, 0) is 11.3 Å². The van der Waals surface area contributed by atoms with Crippen molar-refractivity contribution in [3.8, 4) is 11.5 Å². The van der Waals surface area contributed by atoms with Crippen LogP contribution in [0.15, 0.2) is 103 Å². The van der Waals surface area contributed by atoms with Gasteiger partial charge in [-0.1, -0.05) is 84.4 Å². The molecule has 0 radical (unpaired) electrons. The van der Waals surface area contributed by atoms with Gasteiger partial charge in [-0.25, -0.2) is 4.79 Å². The molecule has 4 aromatic rings. The Labute approximate surface area is 204 Å². The standard InChI is InChI=1S/C30H26O5/c1-21-12-16-23(17-13-21)28(31)29(24-8-4-3-5-9-24)35-30(32)25-18-14-22(15-19-25)20-34-27-11-7-6-10-26(27)33-2/h3-19,29H,20H2,1-2H3/t29-/m1/s1. The number of benzene rings is 4. The van der Waals surface area contributed by atoms with Gasteiger partial charge in [0.2, 0.25) is 5.78 Å². The summed E-state index contributed by atoms with van der Waals surface area (Å²) in [5.41, 5.74) is 3.38. The average Bonchev–Trinajstić information content (AvgIpc) is 2.91. The first-order chi connectivity index (χ1) is 17.0. The van der Waals surface area contributed by atoms with Crippen molar-refractivity contribution in [2.75, 3.05) is 7.11 Å². The van der Waals surface area contributed by atoms with Crippen LogP contribution in [0.3, 0.4) is 0 Å². The lowest BCUT2D eigenvalue weighted by molar-refractivity contribution is 0.0280. The van der Waals surface area contributed by atoms with Crippen molar-refractivity contribution in [1.82, 2.24) is 0 Å². The molecule has 5 nitrogen and oxygen atoms in total. The minimum atomic E-state index is -1.04. The van der Waals surface area contributed by atoms with Crippen LogP contribution in [-0.4, -0.2) is 18.9 Å². The summed E-state index contributed by atoms with van der Waals surface area (Å²) in [6.45, 7) is 2.27. The molecule has 4 rings (SSSR count). The minimum absolute atomic E-state index is 0.272. The quantitative estimate of drug-likeness (QED) is 0.212. The van der Waals surface area contributed by atoms with Crippen molar-refractivity contribution in [3.63, 3.8) is 0 Å². The number of hydrogen-bond acceptors (Lipinski definition) is 5. The van der Waals surface area contributed by atoms with Crippen molar-refractivity contribution < 1.29 is 23.8 Å². The molecule has 5 heteroatoms. The van der Waals surface area contributed by atoms with Crippen molar-refractivity contribution >= 4 is 11.8 Å². The zero-order valence-corrected chi connectivity index (χ0v) is 19.6. The van der Waals surface area contributed by atoms with Crippen molar-refractivity contribution in [3.05, 3.63) is 131 Å². The summed E-state index contributed by atoms with van der Waals surface area (Å²) in [7, 11) is 1.59. The van der Waals surface area contributed by atoms with E-state index in [1.54, 1.807) is 55.6 Å². The zero-order chi connectivity index (χ0) is 24.6. The summed E-state index contributed by atoms with van der Waals surface area (Å²) in [5.74, 6) is 0.444. The Morgan fingerprint density at radius 2 is 1.31 bits per heavy atom. The SMILES string of the molecule is COc1ccccc1OCc1ccc(C(=O)O[C@@H](C(=O)c2ccc(C)cc2)c2ccccc2)cc1. The molecular weight excluding hydrogens is 440 g/mol. The number of ether oxygens (including phenoxy) is 3. The molecule has 0 unspecified atom stereocenters. The lowest BCUT2D eigenvalue weighted by Crippen LogP contribution is -2.20. The van der Waals surface area contributed by atoms with E-state index < -0.39 is 12.1 Å². The van der Waals surface area contributed by atoms with Crippen LogP contribution in [0.2, 0.25) is 0 Å². The molecule has 0 aliphatic rings. The molecule has 0 heterocycles. The molecule has 0 saturated heterocycles. The van der Waals surface area contributed by atoms with Crippen LogP contribution in [0.4, 0.5) is 0 Å². The fourth-order valence-electron chi connectivity index (χ4n) is 3.58. The number of hydrogen-bond donors (Lipinski definition) is 0. The molecule has 176 valence electrons. The van der Waals surface area contributed by atoms with Gasteiger partial charge in [0.05, 0.1) is 12.7 Å². The topological polar surface area (TPSA) is 61.8 Å². The molecule has 0 fully saturated rings. The van der Waals surface area contributed by atoms with E-state index in [0.29, 0.717) is 34.8 Å².